The van der Waals surface area contributed by atoms with Gasteiger partial charge >= 0.3 is 0 Å². The van der Waals surface area contributed by atoms with Crippen LogP contribution in [0.4, 0.5) is 17.1 Å². The van der Waals surface area contributed by atoms with Gasteiger partial charge < -0.3 is 11.1 Å². The van der Waals surface area contributed by atoms with Crippen LogP contribution in [0.25, 0.3) is 21.9 Å². The fourth-order valence-electron chi connectivity index (χ4n) is 2.34. The fourth-order valence-corrected chi connectivity index (χ4v) is 2.34. The lowest BCUT2D eigenvalue weighted by molar-refractivity contribution is 0.316. The summed E-state index contributed by atoms with van der Waals surface area (Å²) in [6.45, 7) is 0. The SMILES string of the molecule is Nc1ccc(Nc2cccc3cccnc23)c2nonc12. The third kappa shape index (κ3) is 1.85. The summed E-state index contributed by atoms with van der Waals surface area (Å²) in [5.41, 5.74) is 10.1. The molecule has 0 spiro atoms. The Morgan fingerprint density at radius 1 is 0.857 bits per heavy atom. The van der Waals surface area contributed by atoms with Gasteiger partial charge in [-0.3, -0.25) is 4.98 Å². The topological polar surface area (TPSA) is 89.9 Å². The van der Waals surface area contributed by atoms with Crippen LogP contribution >= 0.6 is 0 Å². The Balaban J connectivity index is 1.87. The highest BCUT2D eigenvalue weighted by atomic mass is 16.6. The predicted molar refractivity (Wildman–Crippen MR) is 81.2 cm³/mol. The fraction of sp³-hybridized carbons (Fsp3) is 0. The number of benzene rings is 2. The number of hydrogen-bond acceptors (Lipinski definition) is 6. The second kappa shape index (κ2) is 4.45. The summed E-state index contributed by atoms with van der Waals surface area (Å²) < 4.78 is 4.78. The van der Waals surface area contributed by atoms with Gasteiger partial charge in [0.05, 0.1) is 22.6 Å². The van der Waals surface area contributed by atoms with Crippen LogP contribution in [0.5, 0.6) is 0 Å². The van der Waals surface area contributed by atoms with Gasteiger partial charge in [0.15, 0.2) is 11.0 Å². The Morgan fingerprint density at radius 3 is 2.62 bits per heavy atom. The minimum absolute atomic E-state index is 0.535. The number of nitrogens with one attached hydrogen (secondary N) is 1. The van der Waals surface area contributed by atoms with E-state index in [0.717, 1.165) is 22.3 Å². The first-order valence-electron chi connectivity index (χ1n) is 6.44. The lowest BCUT2D eigenvalue weighted by Gasteiger charge is -2.09. The molecule has 0 aliphatic rings. The molecule has 0 radical (unpaired) electrons. The maximum absolute atomic E-state index is 5.85. The van der Waals surface area contributed by atoms with E-state index in [9.17, 15) is 0 Å². The van der Waals surface area contributed by atoms with Crippen molar-refractivity contribution in [3.05, 3.63) is 48.7 Å². The number of hydrogen-bond donors (Lipinski definition) is 2. The molecule has 0 aliphatic heterocycles. The van der Waals surface area contributed by atoms with Gasteiger partial charge in [0.1, 0.15) is 0 Å². The van der Waals surface area contributed by atoms with Crippen molar-refractivity contribution < 1.29 is 4.63 Å². The molecule has 4 aromatic rings. The number of anilines is 3. The molecule has 6 nitrogen and oxygen atoms in total. The van der Waals surface area contributed by atoms with E-state index in [1.165, 1.54) is 0 Å². The summed E-state index contributed by atoms with van der Waals surface area (Å²) in [6.07, 6.45) is 1.77. The van der Waals surface area contributed by atoms with Crippen molar-refractivity contribution in [1.29, 1.82) is 0 Å². The van der Waals surface area contributed by atoms with E-state index in [1.807, 2.05) is 36.4 Å². The third-order valence-corrected chi connectivity index (χ3v) is 3.35. The molecule has 0 bridgehead atoms. The van der Waals surface area contributed by atoms with Crippen LogP contribution in [0.15, 0.2) is 53.3 Å². The summed E-state index contributed by atoms with van der Waals surface area (Å²) in [6, 6.07) is 13.5. The van der Waals surface area contributed by atoms with Crippen molar-refractivity contribution in [2.75, 3.05) is 11.1 Å². The lowest BCUT2D eigenvalue weighted by Crippen LogP contribution is -1.95. The third-order valence-electron chi connectivity index (χ3n) is 3.35. The van der Waals surface area contributed by atoms with E-state index in [4.69, 9.17) is 10.4 Å². The Hall–Kier alpha value is -3.15. The molecule has 2 aromatic carbocycles. The molecule has 0 fully saturated rings. The summed E-state index contributed by atoms with van der Waals surface area (Å²) in [7, 11) is 0. The average Bonchev–Trinajstić information content (AvgIpc) is 3.01. The maximum atomic E-state index is 5.85. The maximum Gasteiger partial charge on any atom is 0.160 e. The molecule has 3 N–H and O–H groups in total. The zero-order valence-corrected chi connectivity index (χ0v) is 10.9. The second-order valence-electron chi connectivity index (χ2n) is 4.67. The Kier molecular flexibility index (Phi) is 2.47. The summed E-state index contributed by atoms with van der Waals surface area (Å²) in [4.78, 5) is 4.42. The number of aromatic nitrogens is 3. The molecule has 2 aromatic heterocycles. The van der Waals surface area contributed by atoms with Gasteiger partial charge in [-0.05, 0) is 34.6 Å². The standard InChI is InChI=1S/C15H11N5O/c16-10-6-7-12(15-14(10)19-21-20-15)18-11-5-1-3-9-4-2-8-17-13(9)11/h1-8,18H,16H2. The van der Waals surface area contributed by atoms with E-state index < -0.39 is 0 Å². The molecule has 21 heavy (non-hydrogen) atoms. The number of fused-ring (bicyclic) bond motifs is 2. The minimum Gasteiger partial charge on any atom is -0.397 e. The second-order valence-corrected chi connectivity index (χ2v) is 4.67. The zero-order chi connectivity index (χ0) is 14.2. The molecule has 0 atom stereocenters. The van der Waals surface area contributed by atoms with Crippen LogP contribution in [-0.4, -0.2) is 15.3 Å². The van der Waals surface area contributed by atoms with Gasteiger partial charge in [0.2, 0.25) is 0 Å². The van der Waals surface area contributed by atoms with Gasteiger partial charge in [-0.2, -0.15) is 0 Å². The van der Waals surface area contributed by atoms with Crippen LogP contribution in [-0.2, 0) is 0 Å². The lowest BCUT2D eigenvalue weighted by atomic mass is 10.1. The largest absolute Gasteiger partial charge is 0.397 e. The molecule has 0 aliphatic carbocycles. The first-order valence-corrected chi connectivity index (χ1v) is 6.44. The summed E-state index contributed by atoms with van der Waals surface area (Å²) >= 11 is 0. The molecular weight excluding hydrogens is 266 g/mol. The van der Waals surface area contributed by atoms with Crippen LogP contribution in [0.1, 0.15) is 0 Å². The van der Waals surface area contributed by atoms with Crippen molar-refractivity contribution >= 4 is 39.0 Å². The molecule has 6 heteroatoms. The van der Waals surface area contributed by atoms with Crippen LogP contribution in [0.3, 0.4) is 0 Å². The minimum atomic E-state index is 0.535. The van der Waals surface area contributed by atoms with Gasteiger partial charge in [-0.25, -0.2) is 4.63 Å². The smallest absolute Gasteiger partial charge is 0.160 e. The first kappa shape index (κ1) is 11.7. The Morgan fingerprint density at radius 2 is 1.67 bits per heavy atom. The zero-order valence-electron chi connectivity index (χ0n) is 10.9. The number of rotatable bonds is 2. The molecule has 102 valence electrons. The van der Waals surface area contributed by atoms with Crippen molar-refractivity contribution in [3.63, 3.8) is 0 Å². The van der Waals surface area contributed by atoms with E-state index in [1.54, 1.807) is 12.3 Å². The van der Waals surface area contributed by atoms with Gasteiger partial charge in [0.25, 0.3) is 0 Å². The number of nitrogens with two attached hydrogens (primary N) is 1. The summed E-state index contributed by atoms with van der Waals surface area (Å²) in [5.74, 6) is 0. The highest BCUT2D eigenvalue weighted by Crippen LogP contribution is 2.30. The molecular formula is C15H11N5O. The monoisotopic (exact) mass is 277 g/mol. The van der Waals surface area contributed by atoms with E-state index in [0.29, 0.717) is 16.7 Å². The summed E-state index contributed by atoms with van der Waals surface area (Å²) in [5, 5.41) is 12.1. The number of pyridine rings is 1. The molecule has 0 unspecified atom stereocenters. The predicted octanol–water partition coefficient (Wildman–Crippen LogP) is 3.10. The average molecular weight is 277 g/mol. The highest BCUT2D eigenvalue weighted by Gasteiger charge is 2.11. The molecule has 0 saturated carbocycles. The van der Waals surface area contributed by atoms with Crippen LogP contribution < -0.4 is 11.1 Å². The van der Waals surface area contributed by atoms with Gasteiger partial charge in [-0.15, -0.1) is 0 Å². The Bertz CT molecular complexity index is 942. The van der Waals surface area contributed by atoms with Crippen molar-refractivity contribution in [1.82, 2.24) is 15.3 Å². The number of nitrogen functional groups attached to an aromatic ring is 1. The van der Waals surface area contributed by atoms with Gasteiger partial charge in [-0.1, -0.05) is 18.2 Å². The van der Waals surface area contributed by atoms with E-state index in [-0.39, 0.29) is 0 Å². The Labute approximate surface area is 119 Å². The number of nitrogens with zero attached hydrogens (tertiary/aromatic N) is 3. The van der Waals surface area contributed by atoms with Gasteiger partial charge in [0, 0.05) is 11.6 Å². The molecule has 0 amide bonds. The quantitative estimate of drug-likeness (QED) is 0.547. The van der Waals surface area contributed by atoms with Crippen LogP contribution in [0.2, 0.25) is 0 Å². The van der Waals surface area contributed by atoms with E-state index in [2.05, 4.69) is 20.6 Å². The first-order chi connectivity index (χ1) is 10.3. The van der Waals surface area contributed by atoms with Crippen molar-refractivity contribution in [2.45, 2.75) is 0 Å². The normalized spacial score (nSPS) is 11.0. The van der Waals surface area contributed by atoms with Crippen LogP contribution in [0, 0.1) is 0 Å². The van der Waals surface area contributed by atoms with Crippen molar-refractivity contribution in [2.24, 2.45) is 0 Å². The molecule has 4 rings (SSSR count). The highest BCUT2D eigenvalue weighted by molar-refractivity contribution is 5.99. The molecule has 2 heterocycles. The van der Waals surface area contributed by atoms with E-state index >= 15 is 0 Å². The molecule has 0 saturated heterocycles. The number of para-hydroxylation sites is 1. The van der Waals surface area contributed by atoms with Crippen molar-refractivity contribution in [3.8, 4) is 0 Å².